The second kappa shape index (κ2) is 6.54. The van der Waals surface area contributed by atoms with Crippen LogP contribution in [0.2, 0.25) is 0 Å². The average Bonchev–Trinajstić information content (AvgIpc) is 3.01. The predicted molar refractivity (Wildman–Crippen MR) is 91.7 cm³/mol. The predicted octanol–water partition coefficient (Wildman–Crippen LogP) is 1.99. The van der Waals surface area contributed by atoms with Gasteiger partial charge in [-0.05, 0) is 38.8 Å². The number of H-pyrrole nitrogens is 1. The van der Waals surface area contributed by atoms with Gasteiger partial charge in [-0.25, -0.2) is 0 Å². The number of likely N-dealkylation sites (tertiary alicyclic amines) is 1. The van der Waals surface area contributed by atoms with Crippen LogP contribution in [0, 0.1) is 5.92 Å². The third kappa shape index (κ3) is 3.45. The Bertz CT molecular complexity index is 766. The number of hydrogen-bond acceptors (Lipinski definition) is 3. The maximum atomic E-state index is 12.5. The number of hydrogen-bond donors (Lipinski definition) is 2. The molecule has 0 spiro atoms. The topological polar surface area (TPSA) is 65.2 Å². The highest BCUT2D eigenvalue weighted by molar-refractivity contribution is 6.05. The Morgan fingerprint density at radius 2 is 2.17 bits per heavy atom. The van der Waals surface area contributed by atoms with E-state index in [-0.39, 0.29) is 11.5 Å². The van der Waals surface area contributed by atoms with E-state index in [1.807, 2.05) is 24.3 Å². The lowest BCUT2D eigenvalue weighted by Crippen LogP contribution is -2.33. The molecule has 1 unspecified atom stereocenters. The van der Waals surface area contributed by atoms with E-state index in [1.165, 1.54) is 6.07 Å². The number of nitrogens with one attached hydrogen (secondary N) is 2. The number of nitrogens with zero attached hydrogens (tertiary/aromatic N) is 1. The quantitative estimate of drug-likeness (QED) is 0.907. The van der Waals surface area contributed by atoms with Crippen molar-refractivity contribution in [3.63, 3.8) is 0 Å². The molecular formula is C18H23N3O2. The summed E-state index contributed by atoms with van der Waals surface area (Å²) in [7, 11) is 0. The van der Waals surface area contributed by atoms with Crippen LogP contribution in [0.1, 0.15) is 30.6 Å². The minimum atomic E-state index is -0.249. The first-order valence-electron chi connectivity index (χ1n) is 8.19. The monoisotopic (exact) mass is 313 g/mol. The summed E-state index contributed by atoms with van der Waals surface area (Å²) < 4.78 is 0. The fourth-order valence-electron chi connectivity index (χ4n) is 3.22. The van der Waals surface area contributed by atoms with Gasteiger partial charge in [0.05, 0.1) is 5.56 Å². The first-order chi connectivity index (χ1) is 11.0. The smallest absolute Gasteiger partial charge is 0.252 e. The van der Waals surface area contributed by atoms with Crippen LogP contribution in [0.3, 0.4) is 0 Å². The van der Waals surface area contributed by atoms with E-state index in [1.54, 1.807) is 0 Å². The van der Waals surface area contributed by atoms with Gasteiger partial charge in [0.15, 0.2) is 0 Å². The van der Waals surface area contributed by atoms with E-state index in [0.717, 1.165) is 24.9 Å². The standard InChI is InChI=1S/C18H23N3O2/c1-12(2)21-8-7-13(11-21)10-19-18(23)15-9-17(22)20-16-6-4-3-5-14(15)16/h3-6,9,12-13H,7-8,10-11H2,1-2H3,(H,19,23)(H,20,22). The van der Waals surface area contributed by atoms with E-state index in [9.17, 15) is 9.59 Å². The maximum absolute atomic E-state index is 12.5. The number of aromatic nitrogens is 1. The number of fused-ring (bicyclic) bond motifs is 1. The zero-order valence-corrected chi connectivity index (χ0v) is 13.6. The Morgan fingerprint density at radius 3 is 2.91 bits per heavy atom. The molecule has 5 heteroatoms. The zero-order valence-electron chi connectivity index (χ0n) is 13.6. The molecule has 23 heavy (non-hydrogen) atoms. The molecule has 2 N–H and O–H groups in total. The van der Waals surface area contributed by atoms with E-state index < -0.39 is 0 Å². The molecule has 3 rings (SSSR count). The number of aromatic amines is 1. The number of amides is 1. The van der Waals surface area contributed by atoms with Crippen LogP contribution < -0.4 is 10.9 Å². The van der Waals surface area contributed by atoms with Crippen LogP contribution in [-0.4, -0.2) is 41.5 Å². The van der Waals surface area contributed by atoms with Crippen molar-refractivity contribution in [1.82, 2.24) is 15.2 Å². The van der Waals surface area contributed by atoms with Gasteiger partial charge in [0.25, 0.3) is 5.91 Å². The summed E-state index contributed by atoms with van der Waals surface area (Å²) in [6.07, 6.45) is 1.11. The van der Waals surface area contributed by atoms with Crippen molar-refractivity contribution in [1.29, 1.82) is 0 Å². The van der Waals surface area contributed by atoms with Crippen LogP contribution in [0.5, 0.6) is 0 Å². The lowest BCUT2D eigenvalue weighted by atomic mass is 10.1. The van der Waals surface area contributed by atoms with Crippen molar-refractivity contribution in [3.05, 3.63) is 46.2 Å². The Balaban J connectivity index is 1.71. The van der Waals surface area contributed by atoms with Crippen molar-refractivity contribution in [2.45, 2.75) is 26.3 Å². The second-order valence-electron chi connectivity index (χ2n) is 6.55. The molecule has 1 amide bonds. The van der Waals surface area contributed by atoms with Crippen LogP contribution in [0.25, 0.3) is 10.9 Å². The molecule has 0 radical (unpaired) electrons. The number of carbonyl (C=O) groups excluding carboxylic acids is 1. The molecule has 0 saturated carbocycles. The lowest BCUT2D eigenvalue weighted by Gasteiger charge is -2.20. The minimum Gasteiger partial charge on any atom is -0.352 e. The van der Waals surface area contributed by atoms with Gasteiger partial charge in [0.2, 0.25) is 5.56 Å². The van der Waals surface area contributed by atoms with Gasteiger partial charge in [-0.2, -0.15) is 0 Å². The molecule has 1 aromatic heterocycles. The van der Waals surface area contributed by atoms with Crippen LogP contribution in [-0.2, 0) is 0 Å². The molecule has 5 nitrogen and oxygen atoms in total. The molecule has 1 aliphatic rings. The summed E-state index contributed by atoms with van der Waals surface area (Å²) in [5, 5.41) is 3.78. The highest BCUT2D eigenvalue weighted by Crippen LogP contribution is 2.18. The van der Waals surface area contributed by atoms with Crippen LogP contribution >= 0.6 is 0 Å². The summed E-state index contributed by atoms with van der Waals surface area (Å²) in [6, 6.07) is 9.31. The lowest BCUT2D eigenvalue weighted by molar-refractivity contribution is 0.0948. The van der Waals surface area contributed by atoms with Gasteiger partial charge in [0.1, 0.15) is 0 Å². The largest absolute Gasteiger partial charge is 0.352 e. The van der Waals surface area contributed by atoms with E-state index >= 15 is 0 Å². The van der Waals surface area contributed by atoms with Crippen molar-refractivity contribution < 1.29 is 4.79 Å². The van der Waals surface area contributed by atoms with Gasteiger partial charge >= 0.3 is 0 Å². The Labute approximate surface area is 135 Å². The molecule has 1 aromatic carbocycles. The van der Waals surface area contributed by atoms with Gasteiger partial charge < -0.3 is 15.2 Å². The molecule has 1 fully saturated rings. The van der Waals surface area contributed by atoms with Crippen molar-refractivity contribution >= 4 is 16.8 Å². The normalized spacial score (nSPS) is 18.7. The molecule has 0 bridgehead atoms. The van der Waals surface area contributed by atoms with Crippen LogP contribution in [0.15, 0.2) is 35.1 Å². The van der Waals surface area contributed by atoms with E-state index in [4.69, 9.17) is 0 Å². The molecule has 1 aliphatic heterocycles. The van der Waals surface area contributed by atoms with Gasteiger partial charge in [-0.3, -0.25) is 9.59 Å². The van der Waals surface area contributed by atoms with Crippen molar-refractivity contribution in [2.75, 3.05) is 19.6 Å². The highest BCUT2D eigenvalue weighted by atomic mass is 16.2. The summed E-state index contributed by atoms with van der Waals surface area (Å²) >= 11 is 0. The Hall–Kier alpha value is -2.14. The van der Waals surface area contributed by atoms with Gasteiger partial charge in [-0.15, -0.1) is 0 Å². The third-order valence-electron chi connectivity index (χ3n) is 4.59. The van der Waals surface area contributed by atoms with Crippen molar-refractivity contribution in [2.24, 2.45) is 5.92 Å². The summed E-state index contributed by atoms with van der Waals surface area (Å²) in [4.78, 5) is 29.4. The highest BCUT2D eigenvalue weighted by Gasteiger charge is 2.24. The van der Waals surface area contributed by atoms with Crippen LogP contribution in [0.4, 0.5) is 0 Å². The summed E-state index contributed by atoms with van der Waals surface area (Å²) in [6.45, 7) is 7.16. The van der Waals surface area contributed by atoms with Gasteiger partial charge in [0, 0.05) is 36.1 Å². The number of pyridine rings is 1. The first-order valence-corrected chi connectivity index (χ1v) is 8.19. The summed E-state index contributed by atoms with van der Waals surface area (Å²) in [5.74, 6) is 0.310. The van der Waals surface area contributed by atoms with Gasteiger partial charge in [-0.1, -0.05) is 18.2 Å². The van der Waals surface area contributed by atoms with Crippen molar-refractivity contribution in [3.8, 4) is 0 Å². The third-order valence-corrected chi connectivity index (χ3v) is 4.59. The minimum absolute atomic E-state index is 0.171. The first kappa shape index (κ1) is 15.7. The molecule has 122 valence electrons. The van der Waals surface area contributed by atoms with E-state index in [2.05, 4.69) is 29.0 Å². The Kier molecular flexibility index (Phi) is 4.48. The number of rotatable bonds is 4. The molecule has 1 atom stereocenters. The molecule has 1 saturated heterocycles. The molecule has 2 heterocycles. The zero-order chi connectivity index (χ0) is 16.4. The summed E-state index contributed by atoms with van der Waals surface area (Å²) in [5.41, 5.74) is 0.890. The number of carbonyl (C=O) groups is 1. The molecular weight excluding hydrogens is 290 g/mol. The SMILES string of the molecule is CC(C)N1CCC(CNC(=O)c2cc(=O)[nH]c3ccccc23)C1. The average molecular weight is 313 g/mol. The Morgan fingerprint density at radius 1 is 1.39 bits per heavy atom. The number of benzene rings is 1. The fraction of sp³-hybridized carbons (Fsp3) is 0.444. The number of para-hydroxylation sites is 1. The molecule has 2 aromatic rings. The maximum Gasteiger partial charge on any atom is 0.252 e. The second-order valence-corrected chi connectivity index (χ2v) is 6.55. The van der Waals surface area contributed by atoms with E-state index in [0.29, 0.717) is 29.6 Å². The molecule has 0 aliphatic carbocycles. The fourth-order valence-corrected chi connectivity index (χ4v) is 3.22.